The Morgan fingerprint density at radius 3 is 2.68 bits per heavy atom. The van der Waals surface area contributed by atoms with E-state index in [1.54, 1.807) is 4.68 Å². The molecule has 0 radical (unpaired) electrons. The van der Waals surface area contributed by atoms with Crippen LogP contribution in [-0.4, -0.2) is 9.78 Å². The molecule has 6 heteroatoms. The average molecular weight is 344 g/mol. The largest absolute Gasteiger partial charge is 0.394 e. The number of aryl methyl sites for hydroxylation is 1. The van der Waals surface area contributed by atoms with Gasteiger partial charge in [0.2, 0.25) is 0 Å². The molecular formula is C13H16BrClN4. The number of hydrogen-bond acceptors (Lipinski definition) is 3. The van der Waals surface area contributed by atoms with E-state index in [-0.39, 0.29) is 5.92 Å². The molecule has 0 bridgehead atoms. The summed E-state index contributed by atoms with van der Waals surface area (Å²) in [6.07, 6.45) is 0. The third-order valence-electron chi connectivity index (χ3n) is 2.86. The van der Waals surface area contributed by atoms with Crippen molar-refractivity contribution in [2.45, 2.75) is 19.8 Å². The van der Waals surface area contributed by atoms with E-state index in [1.807, 2.05) is 25.2 Å². The molecule has 0 fully saturated rings. The number of benzene rings is 1. The summed E-state index contributed by atoms with van der Waals surface area (Å²) in [6.45, 7) is 4.13. The zero-order chi connectivity index (χ0) is 14.2. The second-order valence-electron chi connectivity index (χ2n) is 4.65. The normalized spacial score (nSPS) is 11.1. The van der Waals surface area contributed by atoms with Gasteiger partial charge >= 0.3 is 0 Å². The molecule has 0 aliphatic heterocycles. The van der Waals surface area contributed by atoms with E-state index in [2.05, 4.69) is 40.2 Å². The number of anilines is 3. The Morgan fingerprint density at radius 1 is 1.42 bits per heavy atom. The van der Waals surface area contributed by atoms with Crippen LogP contribution in [0.1, 0.15) is 25.5 Å². The average Bonchev–Trinajstić information content (AvgIpc) is 2.63. The Balaban J connectivity index is 2.41. The van der Waals surface area contributed by atoms with Crippen LogP contribution in [0.3, 0.4) is 0 Å². The number of nitrogen functional groups attached to an aromatic ring is 1. The minimum Gasteiger partial charge on any atom is -0.394 e. The first-order chi connectivity index (χ1) is 8.91. The first-order valence-electron chi connectivity index (χ1n) is 5.95. The Bertz CT molecular complexity index is 607. The SMILES string of the molecule is CC(C)c1nn(C)c(Nc2cccc(Cl)c2Br)c1N. The van der Waals surface area contributed by atoms with Crippen LogP contribution < -0.4 is 11.1 Å². The van der Waals surface area contributed by atoms with Crippen LogP contribution in [0.5, 0.6) is 0 Å². The number of nitrogens with one attached hydrogen (secondary N) is 1. The number of nitrogens with zero attached hydrogens (tertiary/aromatic N) is 2. The van der Waals surface area contributed by atoms with Crippen molar-refractivity contribution >= 4 is 44.7 Å². The van der Waals surface area contributed by atoms with Gasteiger partial charge in [0.05, 0.1) is 26.6 Å². The van der Waals surface area contributed by atoms with E-state index in [1.165, 1.54) is 0 Å². The molecule has 19 heavy (non-hydrogen) atoms. The smallest absolute Gasteiger partial charge is 0.152 e. The molecule has 0 amide bonds. The summed E-state index contributed by atoms with van der Waals surface area (Å²) in [5.74, 6) is 1.05. The highest BCUT2D eigenvalue weighted by atomic mass is 79.9. The fourth-order valence-corrected chi connectivity index (χ4v) is 2.40. The predicted molar refractivity (Wildman–Crippen MR) is 84.1 cm³/mol. The first-order valence-corrected chi connectivity index (χ1v) is 7.12. The summed E-state index contributed by atoms with van der Waals surface area (Å²) in [7, 11) is 1.86. The lowest BCUT2D eigenvalue weighted by molar-refractivity contribution is 0.718. The van der Waals surface area contributed by atoms with Crippen molar-refractivity contribution in [3.05, 3.63) is 33.4 Å². The van der Waals surface area contributed by atoms with Gasteiger partial charge in [-0.05, 0) is 34.0 Å². The van der Waals surface area contributed by atoms with Gasteiger partial charge in [0.1, 0.15) is 0 Å². The van der Waals surface area contributed by atoms with Crippen LogP contribution in [0.15, 0.2) is 22.7 Å². The van der Waals surface area contributed by atoms with Gasteiger partial charge in [-0.3, -0.25) is 4.68 Å². The summed E-state index contributed by atoms with van der Waals surface area (Å²) in [5, 5.41) is 8.36. The van der Waals surface area contributed by atoms with Gasteiger partial charge in [-0.25, -0.2) is 0 Å². The predicted octanol–water partition coefficient (Wildman–Crippen LogP) is 4.29. The van der Waals surface area contributed by atoms with E-state index >= 15 is 0 Å². The summed E-state index contributed by atoms with van der Waals surface area (Å²) in [6, 6.07) is 5.63. The third-order valence-corrected chi connectivity index (χ3v) is 4.26. The van der Waals surface area contributed by atoms with E-state index in [0.29, 0.717) is 10.7 Å². The number of aromatic nitrogens is 2. The topological polar surface area (TPSA) is 55.9 Å². The lowest BCUT2D eigenvalue weighted by atomic mass is 10.1. The molecule has 4 nitrogen and oxygen atoms in total. The number of halogens is 2. The van der Waals surface area contributed by atoms with Crippen molar-refractivity contribution in [2.75, 3.05) is 11.1 Å². The summed E-state index contributed by atoms with van der Waals surface area (Å²) in [4.78, 5) is 0. The Morgan fingerprint density at radius 2 is 2.11 bits per heavy atom. The van der Waals surface area contributed by atoms with E-state index in [0.717, 1.165) is 21.7 Å². The quantitative estimate of drug-likeness (QED) is 0.874. The molecule has 2 aromatic rings. The van der Waals surface area contributed by atoms with Crippen molar-refractivity contribution < 1.29 is 0 Å². The molecule has 0 saturated carbocycles. The van der Waals surface area contributed by atoms with Gasteiger partial charge in [0.25, 0.3) is 0 Å². The number of rotatable bonds is 3. The fraction of sp³-hybridized carbons (Fsp3) is 0.308. The van der Waals surface area contributed by atoms with Crippen molar-refractivity contribution in [1.82, 2.24) is 9.78 Å². The Hall–Kier alpha value is -1.20. The van der Waals surface area contributed by atoms with Gasteiger partial charge < -0.3 is 11.1 Å². The maximum absolute atomic E-state index is 6.15. The van der Waals surface area contributed by atoms with Crippen molar-refractivity contribution in [1.29, 1.82) is 0 Å². The molecule has 1 aromatic heterocycles. The van der Waals surface area contributed by atoms with Gasteiger partial charge in [-0.1, -0.05) is 31.5 Å². The van der Waals surface area contributed by atoms with Crippen molar-refractivity contribution in [2.24, 2.45) is 7.05 Å². The molecule has 1 heterocycles. The van der Waals surface area contributed by atoms with Crippen LogP contribution in [0, 0.1) is 0 Å². The van der Waals surface area contributed by atoms with E-state index < -0.39 is 0 Å². The second-order valence-corrected chi connectivity index (χ2v) is 5.85. The van der Waals surface area contributed by atoms with Crippen LogP contribution in [0.4, 0.5) is 17.2 Å². The van der Waals surface area contributed by atoms with Crippen molar-refractivity contribution in [3.8, 4) is 0 Å². The summed E-state index contributed by atoms with van der Waals surface area (Å²) >= 11 is 9.53. The number of hydrogen-bond donors (Lipinski definition) is 2. The van der Waals surface area contributed by atoms with Gasteiger partial charge in [-0.15, -0.1) is 0 Å². The molecule has 0 spiro atoms. The minimum atomic E-state index is 0.282. The third kappa shape index (κ3) is 2.72. The molecule has 102 valence electrons. The maximum atomic E-state index is 6.15. The van der Waals surface area contributed by atoms with Crippen LogP contribution in [0.25, 0.3) is 0 Å². The molecule has 1 aromatic carbocycles. The zero-order valence-corrected chi connectivity index (χ0v) is 13.4. The molecule has 3 N–H and O–H groups in total. The Kier molecular flexibility index (Phi) is 4.06. The zero-order valence-electron chi connectivity index (χ0n) is 11.0. The van der Waals surface area contributed by atoms with Gasteiger partial charge in [0, 0.05) is 7.05 Å². The van der Waals surface area contributed by atoms with Crippen LogP contribution in [0.2, 0.25) is 5.02 Å². The molecular weight excluding hydrogens is 328 g/mol. The number of nitrogens with two attached hydrogens (primary N) is 1. The van der Waals surface area contributed by atoms with E-state index in [4.69, 9.17) is 17.3 Å². The molecule has 0 atom stereocenters. The van der Waals surface area contributed by atoms with Gasteiger partial charge in [-0.2, -0.15) is 5.10 Å². The summed E-state index contributed by atoms with van der Waals surface area (Å²) in [5.41, 5.74) is 8.57. The van der Waals surface area contributed by atoms with E-state index in [9.17, 15) is 0 Å². The highest BCUT2D eigenvalue weighted by Crippen LogP contribution is 2.35. The molecule has 2 rings (SSSR count). The standard InChI is InChI=1S/C13H16BrClN4/c1-7(2)12-11(16)13(19(3)18-12)17-9-6-4-5-8(15)10(9)14/h4-7,17H,16H2,1-3H3. The highest BCUT2D eigenvalue weighted by molar-refractivity contribution is 9.10. The van der Waals surface area contributed by atoms with Crippen LogP contribution in [-0.2, 0) is 7.05 Å². The first kappa shape index (κ1) is 14.2. The molecule has 0 aliphatic rings. The summed E-state index contributed by atoms with van der Waals surface area (Å²) < 4.78 is 2.56. The van der Waals surface area contributed by atoms with Crippen LogP contribution >= 0.6 is 27.5 Å². The lowest BCUT2D eigenvalue weighted by Crippen LogP contribution is -2.01. The Labute approximate surface area is 126 Å². The maximum Gasteiger partial charge on any atom is 0.152 e. The molecule has 0 unspecified atom stereocenters. The fourth-order valence-electron chi connectivity index (χ4n) is 1.86. The second kappa shape index (κ2) is 5.43. The van der Waals surface area contributed by atoms with Crippen molar-refractivity contribution in [3.63, 3.8) is 0 Å². The highest BCUT2D eigenvalue weighted by Gasteiger charge is 2.17. The molecule has 0 aliphatic carbocycles. The lowest BCUT2D eigenvalue weighted by Gasteiger charge is -2.10. The monoisotopic (exact) mass is 342 g/mol. The molecule has 0 saturated heterocycles. The minimum absolute atomic E-state index is 0.282. The van der Waals surface area contributed by atoms with Gasteiger partial charge in [0.15, 0.2) is 5.82 Å².